The van der Waals surface area contributed by atoms with Crippen molar-refractivity contribution in [2.24, 2.45) is 5.92 Å². The number of hydrogen-bond donors (Lipinski definition) is 0. The zero-order valence-electron chi connectivity index (χ0n) is 13.8. The summed E-state index contributed by atoms with van der Waals surface area (Å²) in [7, 11) is 0. The molecule has 2 saturated heterocycles. The number of rotatable bonds is 5. The van der Waals surface area contributed by atoms with E-state index in [4.69, 9.17) is 9.47 Å². The highest BCUT2D eigenvalue weighted by Crippen LogP contribution is 2.34. The third-order valence-corrected chi connectivity index (χ3v) is 6.69. The van der Waals surface area contributed by atoms with E-state index in [1.807, 2.05) is 6.26 Å². The molecule has 0 radical (unpaired) electrons. The first-order valence-electron chi connectivity index (χ1n) is 8.43. The molecule has 0 aliphatic carbocycles. The Morgan fingerprint density at radius 3 is 2.96 bits per heavy atom. The van der Waals surface area contributed by atoms with Gasteiger partial charge in [0.05, 0.1) is 19.3 Å². The highest BCUT2D eigenvalue weighted by Gasteiger charge is 2.25. The van der Waals surface area contributed by atoms with Gasteiger partial charge in [0.2, 0.25) is 0 Å². The second-order valence-corrected chi connectivity index (χ2v) is 8.34. The Hall–Kier alpha value is -0.960. The summed E-state index contributed by atoms with van der Waals surface area (Å²) in [6.45, 7) is 4.55. The SMILES string of the molecule is CSc1nc2ncnc(N3CCC(OCC4CCOC4)CC3)c2s1. The molecule has 2 aromatic rings. The molecule has 2 aromatic heterocycles. The standard InChI is InChI=1S/C16H22N4O2S2/c1-23-16-19-14-13(24-16)15(18-10-17-14)20-5-2-12(3-6-20)22-9-11-4-7-21-8-11/h10-12H,2-9H2,1H3. The molecule has 8 heteroatoms. The smallest absolute Gasteiger partial charge is 0.176 e. The van der Waals surface area contributed by atoms with Gasteiger partial charge < -0.3 is 14.4 Å². The van der Waals surface area contributed by atoms with Gasteiger partial charge in [-0.1, -0.05) is 11.8 Å². The molecule has 1 unspecified atom stereocenters. The normalized spacial score (nSPS) is 22.5. The van der Waals surface area contributed by atoms with E-state index in [-0.39, 0.29) is 0 Å². The summed E-state index contributed by atoms with van der Waals surface area (Å²) in [4.78, 5) is 15.7. The molecule has 2 aliphatic heterocycles. The second-order valence-electron chi connectivity index (χ2n) is 6.28. The summed E-state index contributed by atoms with van der Waals surface area (Å²) >= 11 is 3.35. The zero-order valence-corrected chi connectivity index (χ0v) is 15.4. The molecule has 1 atom stereocenters. The van der Waals surface area contributed by atoms with Crippen LogP contribution in [0.15, 0.2) is 10.7 Å². The van der Waals surface area contributed by atoms with Crippen molar-refractivity contribution in [3.63, 3.8) is 0 Å². The van der Waals surface area contributed by atoms with Crippen molar-refractivity contribution in [2.45, 2.75) is 29.7 Å². The van der Waals surface area contributed by atoms with Crippen LogP contribution >= 0.6 is 23.1 Å². The first-order chi connectivity index (χ1) is 11.8. The van der Waals surface area contributed by atoms with Crippen molar-refractivity contribution < 1.29 is 9.47 Å². The molecule has 0 N–H and O–H groups in total. The summed E-state index contributed by atoms with van der Waals surface area (Å²) in [6.07, 6.45) is 7.27. The Balaban J connectivity index is 1.37. The van der Waals surface area contributed by atoms with Crippen molar-refractivity contribution in [3.8, 4) is 0 Å². The maximum atomic E-state index is 6.11. The summed E-state index contributed by atoms with van der Waals surface area (Å²) in [5.41, 5.74) is 0.814. The van der Waals surface area contributed by atoms with Crippen LogP contribution in [-0.4, -0.2) is 60.2 Å². The van der Waals surface area contributed by atoms with Gasteiger partial charge >= 0.3 is 0 Å². The van der Waals surface area contributed by atoms with Crippen LogP contribution in [0, 0.1) is 5.92 Å². The first kappa shape index (κ1) is 16.5. The quantitative estimate of drug-likeness (QED) is 0.754. The Kier molecular flexibility index (Phi) is 5.17. The zero-order chi connectivity index (χ0) is 16.4. The van der Waals surface area contributed by atoms with E-state index >= 15 is 0 Å². The van der Waals surface area contributed by atoms with Gasteiger partial charge in [0, 0.05) is 25.6 Å². The lowest BCUT2D eigenvalue weighted by atomic mass is 10.1. The molecule has 24 heavy (non-hydrogen) atoms. The fraction of sp³-hybridized carbons (Fsp3) is 0.688. The van der Waals surface area contributed by atoms with E-state index in [1.54, 1.807) is 29.4 Å². The molecule has 130 valence electrons. The van der Waals surface area contributed by atoms with Gasteiger partial charge in [-0.05, 0) is 25.5 Å². The van der Waals surface area contributed by atoms with Gasteiger partial charge in [0.1, 0.15) is 11.0 Å². The molecule has 4 rings (SSSR count). The van der Waals surface area contributed by atoms with Crippen LogP contribution < -0.4 is 4.90 Å². The van der Waals surface area contributed by atoms with Crippen LogP contribution in [0.2, 0.25) is 0 Å². The predicted octanol–water partition coefficient (Wildman–Crippen LogP) is 2.83. The largest absolute Gasteiger partial charge is 0.381 e. The summed E-state index contributed by atoms with van der Waals surface area (Å²) in [5, 5.41) is 0. The molecule has 4 heterocycles. The van der Waals surface area contributed by atoms with Crippen molar-refractivity contribution in [2.75, 3.05) is 44.1 Å². The Morgan fingerprint density at radius 1 is 1.33 bits per heavy atom. The average Bonchev–Trinajstić information content (AvgIpc) is 3.29. The number of thioether (sulfide) groups is 1. The van der Waals surface area contributed by atoms with E-state index in [1.165, 1.54) is 0 Å². The topological polar surface area (TPSA) is 60.4 Å². The summed E-state index contributed by atoms with van der Waals surface area (Å²) in [5.74, 6) is 1.62. The van der Waals surface area contributed by atoms with Crippen LogP contribution in [-0.2, 0) is 9.47 Å². The van der Waals surface area contributed by atoms with Crippen molar-refractivity contribution in [3.05, 3.63) is 6.33 Å². The highest BCUT2D eigenvalue weighted by molar-refractivity contribution is 8.00. The minimum atomic E-state index is 0.363. The van der Waals surface area contributed by atoms with Gasteiger partial charge in [-0.2, -0.15) is 0 Å². The molecule has 0 bridgehead atoms. The molecular weight excluding hydrogens is 344 g/mol. The molecule has 0 saturated carbocycles. The third-order valence-electron chi connectivity index (χ3n) is 4.66. The predicted molar refractivity (Wildman–Crippen MR) is 97.1 cm³/mol. The lowest BCUT2D eigenvalue weighted by Gasteiger charge is -2.33. The van der Waals surface area contributed by atoms with Crippen LogP contribution in [0.5, 0.6) is 0 Å². The lowest BCUT2D eigenvalue weighted by molar-refractivity contribution is 0.0131. The second kappa shape index (κ2) is 7.51. The molecular formula is C16H22N4O2S2. The highest BCUT2D eigenvalue weighted by atomic mass is 32.2. The van der Waals surface area contributed by atoms with E-state index in [2.05, 4.69) is 19.9 Å². The molecule has 6 nitrogen and oxygen atoms in total. The number of nitrogens with zero attached hydrogens (tertiary/aromatic N) is 4. The van der Waals surface area contributed by atoms with E-state index < -0.39 is 0 Å². The third kappa shape index (κ3) is 3.51. The number of ether oxygens (including phenoxy) is 2. The van der Waals surface area contributed by atoms with Crippen LogP contribution in [0.1, 0.15) is 19.3 Å². The van der Waals surface area contributed by atoms with Crippen LogP contribution in [0.4, 0.5) is 5.82 Å². The van der Waals surface area contributed by atoms with E-state index in [9.17, 15) is 0 Å². The first-order valence-corrected chi connectivity index (χ1v) is 10.5. The molecule has 0 spiro atoms. The molecule has 2 fully saturated rings. The van der Waals surface area contributed by atoms with Crippen molar-refractivity contribution in [1.82, 2.24) is 15.0 Å². The molecule has 0 aromatic carbocycles. The number of fused-ring (bicyclic) bond motifs is 1. The monoisotopic (exact) mass is 366 g/mol. The van der Waals surface area contributed by atoms with Crippen LogP contribution in [0.3, 0.4) is 0 Å². The Bertz CT molecular complexity index is 682. The van der Waals surface area contributed by atoms with Gasteiger partial charge in [-0.15, -0.1) is 11.3 Å². The number of piperidine rings is 1. The molecule has 0 amide bonds. The fourth-order valence-electron chi connectivity index (χ4n) is 3.26. The van der Waals surface area contributed by atoms with Crippen LogP contribution in [0.25, 0.3) is 10.3 Å². The van der Waals surface area contributed by atoms with E-state index in [0.717, 1.165) is 72.7 Å². The number of anilines is 1. The average molecular weight is 367 g/mol. The lowest BCUT2D eigenvalue weighted by Crippen LogP contribution is -2.38. The molecule has 2 aliphatic rings. The summed E-state index contributed by atoms with van der Waals surface area (Å²) < 4.78 is 13.7. The van der Waals surface area contributed by atoms with Gasteiger partial charge in [-0.25, -0.2) is 15.0 Å². The van der Waals surface area contributed by atoms with Gasteiger partial charge in [-0.3, -0.25) is 0 Å². The fourth-order valence-corrected chi connectivity index (χ4v) is 4.79. The van der Waals surface area contributed by atoms with Crippen molar-refractivity contribution in [1.29, 1.82) is 0 Å². The Labute approximate surface area is 150 Å². The minimum absolute atomic E-state index is 0.363. The number of aromatic nitrogens is 3. The maximum Gasteiger partial charge on any atom is 0.176 e. The Morgan fingerprint density at radius 2 is 2.21 bits per heavy atom. The number of thiazole rings is 1. The van der Waals surface area contributed by atoms with Gasteiger partial charge in [0.25, 0.3) is 0 Å². The summed E-state index contributed by atoms with van der Waals surface area (Å²) in [6, 6.07) is 0. The maximum absolute atomic E-state index is 6.11. The van der Waals surface area contributed by atoms with Crippen molar-refractivity contribution >= 4 is 39.3 Å². The van der Waals surface area contributed by atoms with Gasteiger partial charge in [0.15, 0.2) is 15.8 Å². The van der Waals surface area contributed by atoms with E-state index in [0.29, 0.717) is 12.0 Å². The minimum Gasteiger partial charge on any atom is -0.381 e. The number of hydrogen-bond acceptors (Lipinski definition) is 8.